The second kappa shape index (κ2) is 4.61. The van der Waals surface area contributed by atoms with Gasteiger partial charge in [0.05, 0.1) is 6.54 Å². The third kappa shape index (κ3) is 2.50. The third-order valence-corrected chi connectivity index (χ3v) is 3.20. The molecule has 1 atom stereocenters. The van der Waals surface area contributed by atoms with Crippen molar-refractivity contribution in [3.05, 3.63) is 29.6 Å². The van der Waals surface area contributed by atoms with Gasteiger partial charge in [-0.3, -0.25) is 4.79 Å². The van der Waals surface area contributed by atoms with Crippen LogP contribution in [0.3, 0.4) is 0 Å². The fourth-order valence-electron chi connectivity index (χ4n) is 2.31. The van der Waals surface area contributed by atoms with Crippen LogP contribution in [-0.2, 0) is 0 Å². The number of aromatic nitrogens is 3. The summed E-state index contributed by atoms with van der Waals surface area (Å²) in [6, 6.07) is -0.967. The van der Waals surface area contributed by atoms with Crippen LogP contribution < -0.4 is 0 Å². The Kier molecular flexibility index (Phi) is 2.99. The number of nitrogens with zero attached hydrogens (tertiary/aromatic N) is 4. The van der Waals surface area contributed by atoms with Crippen LogP contribution in [0.4, 0.5) is 8.78 Å². The second-order valence-corrected chi connectivity index (χ2v) is 4.94. The Balaban J connectivity index is 1.92. The molecule has 1 fully saturated rings. The molecule has 1 amide bonds. The number of carbonyl (C=O) groups is 1. The number of alkyl halides is 2. The van der Waals surface area contributed by atoms with E-state index in [4.69, 9.17) is 8.94 Å². The fourth-order valence-corrected chi connectivity index (χ4v) is 2.31. The summed E-state index contributed by atoms with van der Waals surface area (Å²) in [7, 11) is 0. The maximum atomic E-state index is 13.7. The van der Waals surface area contributed by atoms with Crippen molar-refractivity contribution in [3.63, 3.8) is 0 Å². The van der Waals surface area contributed by atoms with E-state index in [0.29, 0.717) is 5.82 Å². The Morgan fingerprint density at radius 2 is 2.19 bits per heavy atom. The highest BCUT2D eigenvalue weighted by molar-refractivity contribution is 5.92. The minimum absolute atomic E-state index is 0.00163. The van der Waals surface area contributed by atoms with Crippen LogP contribution in [0.5, 0.6) is 0 Å². The largest absolute Gasteiger partial charge is 0.448 e. The van der Waals surface area contributed by atoms with Crippen molar-refractivity contribution in [2.24, 2.45) is 0 Å². The minimum atomic E-state index is -3.01. The van der Waals surface area contributed by atoms with Crippen molar-refractivity contribution >= 4 is 5.91 Å². The van der Waals surface area contributed by atoms with Crippen LogP contribution in [0.15, 0.2) is 15.2 Å². The van der Waals surface area contributed by atoms with Gasteiger partial charge >= 0.3 is 0 Å². The Bertz CT molecular complexity index is 682. The summed E-state index contributed by atoms with van der Waals surface area (Å²) in [5.74, 6) is -3.05. The van der Waals surface area contributed by atoms with E-state index >= 15 is 0 Å². The zero-order chi connectivity index (χ0) is 15.2. The molecular weight excluding hydrogens is 286 g/mol. The molecule has 0 unspecified atom stereocenters. The van der Waals surface area contributed by atoms with Gasteiger partial charge < -0.3 is 13.8 Å². The van der Waals surface area contributed by atoms with Gasteiger partial charge in [0.15, 0.2) is 17.4 Å². The highest BCUT2D eigenvalue weighted by Gasteiger charge is 2.50. The molecule has 0 radical (unpaired) electrons. The van der Waals surface area contributed by atoms with Crippen molar-refractivity contribution in [2.75, 3.05) is 6.54 Å². The van der Waals surface area contributed by atoms with E-state index in [9.17, 15) is 13.6 Å². The van der Waals surface area contributed by atoms with Crippen LogP contribution in [-0.4, -0.2) is 38.4 Å². The number of oxazole rings is 1. The predicted molar refractivity (Wildman–Crippen MR) is 63.6 cm³/mol. The molecule has 0 saturated carbocycles. The van der Waals surface area contributed by atoms with E-state index in [0.717, 1.165) is 11.2 Å². The van der Waals surface area contributed by atoms with Gasteiger partial charge in [-0.25, -0.2) is 13.8 Å². The minimum Gasteiger partial charge on any atom is -0.448 e. The molecule has 0 aromatic carbocycles. The zero-order valence-corrected chi connectivity index (χ0v) is 11.3. The Morgan fingerprint density at radius 1 is 1.43 bits per heavy atom. The molecule has 0 aliphatic carbocycles. The van der Waals surface area contributed by atoms with Crippen LogP contribution >= 0.6 is 0 Å². The third-order valence-electron chi connectivity index (χ3n) is 3.20. The van der Waals surface area contributed by atoms with Gasteiger partial charge in [-0.2, -0.15) is 4.98 Å². The lowest BCUT2D eigenvalue weighted by Crippen LogP contribution is -2.33. The molecule has 21 heavy (non-hydrogen) atoms. The molecule has 3 heterocycles. The predicted octanol–water partition coefficient (Wildman–Crippen LogP) is 1.90. The van der Waals surface area contributed by atoms with E-state index in [1.807, 2.05) is 0 Å². The molecular formula is C12H12F2N4O3. The second-order valence-electron chi connectivity index (χ2n) is 4.94. The summed E-state index contributed by atoms with van der Waals surface area (Å²) in [5.41, 5.74) is -0.0218. The van der Waals surface area contributed by atoms with Crippen LogP contribution in [0.25, 0.3) is 0 Å². The molecule has 2 aromatic rings. The summed E-state index contributed by atoms with van der Waals surface area (Å²) >= 11 is 0. The van der Waals surface area contributed by atoms with Crippen LogP contribution in [0.1, 0.15) is 40.6 Å². The molecule has 0 N–H and O–H groups in total. The summed E-state index contributed by atoms with van der Waals surface area (Å²) in [6.07, 6.45) is 0.585. The monoisotopic (exact) mass is 298 g/mol. The van der Waals surface area contributed by atoms with Crippen molar-refractivity contribution in [1.82, 2.24) is 20.0 Å². The summed E-state index contributed by atoms with van der Waals surface area (Å²) in [4.78, 5) is 21.1. The van der Waals surface area contributed by atoms with Crippen molar-refractivity contribution < 1.29 is 22.5 Å². The van der Waals surface area contributed by atoms with Gasteiger partial charge in [0.2, 0.25) is 5.89 Å². The van der Waals surface area contributed by atoms with Crippen LogP contribution in [0, 0.1) is 13.8 Å². The Hall–Kier alpha value is -2.32. The first-order valence-electron chi connectivity index (χ1n) is 6.27. The first-order chi connectivity index (χ1) is 9.85. The van der Waals surface area contributed by atoms with Gasteiger partial charge in [0.25, 0.3) is 11.8 Å². The number of hydrogen-bond acceptors (Lipinski definition) is 6. The lowest BCUT2D eigenvalue weighted by atomic mass is 10.2. The number of rotatable bonds is 2. The number of likely N-dealkylation sites (tertiary alicyclic amines) is 1. The van der Waals surface area contributed by atoms with Crippen molar-refractivity contribution in [3.8, 4) is 0 Å². The van der Waals surface area contributed by atoms with E-state index in [1.165, 1.54) is 0 Å². The molecule has 0 spiro atoms. The maximum Gasteiger partial charge on any atom is 0.276 e. The number of amides is 1. The standard InChI is InChI=1S/C12H12F2N4O3/c1-6-15-10(21-17-6)9-3-12(13,14)5-18(9)11(19)8-4-20-7(2)16-8/h4,9H,3,5H2,1-2H3/t9-/m0/s1. The molecule has 1 aliphatic heterocycles. The number of halogens is 2. The smallest absolute Gasteiger partial charge is 0.276 e. The maximum absolute atomic E-state index is 13.7. The van der Waals surface area contributed by atoms with Gasteiger partial charge in [0.1, 0.15) is 12.3 Å². The van der Waals surface area contributed by atoms with E-state index in [2.05, 4.69) is 15.1 Å². The quantitative estimate of drug-likeness (QED) is 0.841. The van der Waals surface area contributed by atoms with Crippen molar-refractivity contribution in [1.29, 1.82) is 0 Å². The van der Waals surface area contributed by atoms with Gasteiger partial charge in [-0.05, 0) is 6.92 Å². The molecule has 3 rings (SSSR count). The van der Waals surface area contributed by atoms with E-state index in [-0.39, 0.29) is 17.5 Å². The Morgan fingerprint density at radius 3 is 2.76 bits per heavy atom. The fraction of sp³-hybridized carbons (Fsp3) is 0.500. The molecule has 1 aliphatic rings. The summed E-state index contributed by atoms with van der Waals surface area (Å²) in [5, 5.41) is 3.58. The Labute approximate surface area is 117 Å². The number of hydrogen-bond donors (Lipinski definition) is 0. The van der Waals surface area contributed by atoms with Gasteiger partial charge in [-0.1, -0.05) is 5.16 Å². The summed E-state index contributed by atoms with van der Waals surface area (Å²) in [6.45, 7) is 2.42. The lowest BCUT2D eigenvalue weighted by Gasteiger charge is -2.19. The lowest BCUT2D eigenvalue weighted by molar-refractivity contribution is 0.0116. The zero-order valence-electron chi connectivity index (χ0n) is 11.3. The number of aryl methyl sites for hydroxylation is 2. The highest BCUT2D eigenvalue weighted by atomic mass is 19.3. The average molecular weight is 298 g/mol. The summed E-state index contributed by atoms with van der Waals surface area (Å²) < 4.78 is 37.3. The first kappa shape index (κ1) is 13.7. The van der Waals surface area contributed by atoms with Crippen molar-refractivity contribution in [2.45, 2.75) is 32.2 Å². The van der Waals surface area contributed by atoms with Gasteiger partial charge in [0, 0.05) is 13.3 Å². The molecule has 1 saturated heterocycles. The van der Waals surface area contributed by atoms with E-state index in [1.54, 1.807) is 13.8 Å². The van der Waals surface area contributed by atoms with Crippen LogP contribution in [0.2, 0.25) is 0 Å². The SMILES string of the molecule is Cc1noc([C@@H]2CC(F)(F)CN2C(=O)c2coc(C)n2)n1. The van der Waals surface area contributed by atoms with Gasteiger partial charge in [-0.15, -0.1) is 0 Å². The average Bonchev–Trinajstić information content (AvgIpc) is 3.08. The molecule has 0 bridgehead atoms. The first-order valence-corrected chi connectivity index (χ1v) is 6.27. The molecule has 7 nitrogen and oxygen atoms in total. The number of carbonyl (C=O) groups excluding carboxylic acids is 1. The topological polar surface area (TPSA) is 85.3 Å². The molecule has 112 valence electrons. The molecule has 2 aromatic heterocycles. The molecule has 9 heteroatoms. The highest BCUT2D eigenvalue weighted by Crippen LogP contribution is 2.41. The normalized spacial score (nSPS) is 21.0. The van der Waals surface area contributed by atoms with E-state index < -0.39 is 30.8 Å².